The first-order valence-electron chi connectivity index (χ1n) is 6.55. The average Bonchev–Trinajstić information content (AvgIpc) is 2.39. The third-order valence-corrected chi connectivity index (χ3v) is 3.97. The quantitative estimate of drug-likeness (QED) is 0.795. The monoisotopic (exact) mass is 245 g/mol. The number of anilines is 1. The molecule has 0 aliphatic carbocycles. The van der Waals surface area contributed by atoms with Crippen LogP contribution < -0.4 is 5.32 Å². The number of nitrogens with zero attached hydrogens (tertiary/aromatic N) is 2. The van der Waals surface area contributed by atoms with Gasteiger partial charge in [-0.1, -0.05) is 18.2 Å². The highest BCUT2D eigenvalue weighted by molar-refractivity contribution is 5.98. The van der Waals surface area contributed by atoms with Gasteiger partial charge in [0.05, 0.1) is 6.04 Å². The number of fused-ring (bicyclic) bond motifs is 1. The zero-order valence-electron chi connectivity index (χ0n) is 10.7. The number of rotatable bonds is 1. The molecule has 2 aliphatic heterocycles. The van der Waals surface area contributed by atoms with Crippen molar-refractivity contribution < 1.29 is 4.79 Å². The van der Waals surface area contributed by atoms with Crippen molar-refractivity contribution in [3.63, 3.8) is 0 Å². The minimum absolute atomic E-state index is 0.00796. The lowest BCUT2D eigenvalue weighted by atomic mass is 9.97. The summed E-state index contributed by atoms with van der Waals surface area (Å²) in [5.74, 6) is 0.151. The Kier molecular flexibility index (Phi) is 3.06. The molecule has 1 fully saturated rings. The highest BCUT2D eigenvalue weighted by Crippen LogP contribution is 2.24. The molecule has 4 heteroatoms. The lowest BCUT2D eigenvalue weighted by Crippen LogP contribution is -2.54. The van der Waals surface area contributed by atoms with Crippen LogP contribution in [0.25, 0.3) is 0 Å². The van der Waals surface area contributed by atoms with Crippen molar-refractivity contribution in [1.82, 2.24) is 9.80 Å². The highest BCUT2D eigenvalue weighted by atomic mass is 16.2. The molecule has 96 valence electrons. The first-order valence-corrected chi connectivity index (χ1v) is 6.55. The predicted octanol–water partition coefficient (Wildman–Crippen LogP) is 0.797. The molecule has 2 aliphatic rings. The molecule has 0 spiro atoms. The van der Waals surface area contributed by atoms with Gasteiger partial charge in [0.15, 0.2) is 0 Å². The van der Waals surface area contributed by atoms with E-state index in [0.29, 0.717) is 0 Å². The molecule has 0 radical (unpaired) electrons. The number of hydrogen-bond donors (Lipinski definition) is 1. The van der Waals surface area contributed by atoms with E-state index in [4.69, 9.17) is 0 Å². The Hall–Kier alpha value is -1.39. The van der Waals surface area contributed by atoms with E-state index in [2.05, 4.69) is 28.2 Å². The number of carbonyl (C=O) groups is 1. The van der Waals surface area contributed by atoms with E-state index >= 15 is 0 Å². The maximum atomic E-state index is 12.2. The van der Waals surface area contributed by atoms with E-state index in [9.17, 15) is 4.79 Å². The largest absolute Gasteiger partial charge is 0.324 e. The number of piperazine rings is 1. The van der Waals surface area contributed by atoms with Crippen LogP contribution in [0.15, 0.2) is 24.3 Å². The van der Waals surface area contributed by atoms with Crippen LogP contribution in [0, 0.1) is 0 Å². The molecular weight excluding hydrogens is 226 g/mol. The second kappa shape index (κ2) is 4.71. The number of amides is 1. The van der Waals surface area contributed by atoms with Crippen molar-refractivity contribution in [2.24, 2.45) is 0 Å². The average molecular weight is 245 g/mol. The fourth-order valence-corrected chi connectivity index (χ4v) is 2.77. The van der Waals surface area contributed by atoms with Crippen LogP contribution >= 0.6 is 0 Å². The third-order valence-electron chi connectivity index (χ3n) is 3.97. The first-order chi connectivity index (χ1) is 8.74. The summed E-state index contributed by atoms with van der Waals surface area (Å²) >= 11 is 0. The Morgan fingerprint density at radius 3 is 2.67 bits per heavy atom. The normalized spacial score (nSPS) is 25.6. The summed E-state index contributed by atoms with van der Waals surface area (Å²) in [5, 5.41) is 3.02. The van der Waals surface area contributed by atoms with Gasteiger partial charge in [-0.2, -0.15) is 0 Å². The molecule has 4 nitrogen and oxygen atoms in total. The van der Waals surface area contributed by atoms with Crippen LogP contribution in [0.2, 0.25) is 0 Å². The number of likely N-dealkylation sites (N-methyl/N-ethyl adjacent to an activating group) is 1. The summed E-state index contributed by atoms with van der Waals surface area (Å²) in [6, 6.07) is 8.10. The second-order valence-corrected chi connectivity index (χ2v) is 5.21. The number of carbonyl (C=O) groups excluding carboxylic acids is 1. The van der Waals surface area contributed by atoms with Gasteiger partial charge in [-0.05, 0) is 25.1 Å². The van der Waals surface area contributed by atoms with Crippen LogP contribution in [0.3, 0.4) is 0 Å². The topological polar surface area (TPSA) is 35.6 Å². The lowest BCUT2D eigenvalue weighted by Gasteiger charge is -2.39. The summed E-state index contributed by atoms with van der Waals surface area (Å²) < 4.78 is 0. The van der Waals surface area contributed by atoms with Gasteiger partial charge in [0.25, 0.3) is 0 Å². The number of hydrogen-bond acceptors (Lipinski definition) is 3. The Labute approximate surface area is 108 Å². The molecule has 1 aromatic carbocycles. The third kappa shape index (κ3) is 2.13. The Balaban J connectivity index is 1.76. The van der Waals surface area contributed by atoms with Gasteiger partial charge in [-0.3, -0.25) is 9.69 Å². The van der Waals surface area contributed by atoms with E-state index in [1.54, 1.807) is 0 Å². The minimum atomic E-state index is 0.00796. The fraction of sp³-hybridized carbons (Fsp3) is 0.500. The molecule has 0 aromatic heterocycles. The van der Waals surface area contributed by atoms with Gasteiger partial charge < -0.3 is 10.2 Å². The van der Waals surface area contributed by atoms with Crippen LogP contribution in [0.4, 0.5) is 5.69 Å². The molecule has 2 heterocycles. The second-order valence-electron chi connectivity index (χ2n) is 5.21. The zero-order chi connectivity index (χ0) is 12.5. The Morgan fingerprint density at radius 2 is 1.89 bits per heavy atom. The highest BCUT2D eigenvalue weighted by Gasteiger charge is 2.32. The minimum Gasteiger partial charge on any atom is -0.324 e. The summed E-state index contributed by atoms with van der Waals surface area (Å²) in [5.41, 5.74) is 2.23. The van der Waals surface area contributed by atoms with Crippen molar-refractivity contribution in [2.75, 3.05) is 38.5 Å². The number of nitrogens with one attached hydrogen (secondary N) is 1. The van der Waals surface area contributed by atoms with Crippen LogP contribution in [0.5, 0.6) is 0 Å². The molecule has 1 aromatic rings. The summed E-state index contributed by atoms with van der Waals surface area (Å²) in [7, 11) is 2.13. The zero-order valence-corrected chi connectivity index (χ0v) is 10.7. The van der Waals surface area contributed by atoms with E-state index in [0.717, 1.165) is 38.3 Å². The molecule has 1 atom stereocenters. The maximum Gasteiger partial charge on any atom is 0.242 e. The smallest absolute Gasteiger partial charge is 0.242 e. The molecular formula is C14H19N3O. The SMILES string of the molecule is CN1CCN(C2Cc3ccccc3NC2=O)CC1. The van der Waals surface area contributed by atoms with Crippen molar-refractivity contribution in [1.29, 1.82) is 0 Å². The molecule has 0 saturated carbocycles. The van der Waals surface area contributed by atoms with Gasteiger partial charge in [0.2, 0.25) is 5.91 Å². The predicted molar refractivity (Wildman–Crippen MR) is 71.6 cm³/mol. The van der Waals surface area contributed by atoms with E-state index in [1.165, 1.54) is 5.56 Å². The van der Waals surface area contributed by atoms with Gasteiger partial charge in [-0.25, -0.2) is 0 Å². The Bertz CT molecular complexity index is 452. The number of benzene rings is 1. The van der Waals surface area contributed by atoms with Crippen molar-refractivity contribution in [3.8, 4) is 0 Å². The van der Waals surface area contributed by atoms with Crippen molar-refractivity contribution >= 4 is 11.6 Å². The van der Waals surface area contributed by atoms with Gasteiger partial charge in [-0.15, -0.1) is 0 Å². The van der Waals surface area contributed by atoms with Gasteiger partial charge >= 0.3 is 0 Å². The lowest BCUT2D eigenvalue weighted by molar-refractivity contribution is -0.122. The van der Waals surface area contributed by atoms with Gasteiger partial charge in [0.1, 0.15) is 0 Å². The summed E-state index contributed by atoms with van der Waals surface area (Å²) in [4.78, 5) is 16.8. The molecule has 18 heavy (non-hydrogen) atoms. The van der Waals surface area contributed by atoms with E-state index in [1.807, 2.05) is 18.2 Å². The van der Waals surface area contributed by atoms with Crippen molar-refractivity contribution in [3.05, 3.63) is 29.8 Å². The molecule has 1 saturated heterocycles. The molecule has 1 N–H and O–H groups in total. The number of para-hydroxylation sites is 1. The molecule has 1 amide bonds. The fourth-order valence-electron chi connectivity index (χ4n) is 2.77. The van der Waals surface area contributed by atoms with Crippen LogP contribution in [-0.4, -0.2) is 55.0 Å². The van der Waals surface area contributed by atoms with E-state index < -0.39 is 0 Å². The van der Waals surface area contributed by atoms with Crippen molar-refractivity contribution in [2.45, 2.75) is 12.5 Å². The summed E-state index contributed by atoms with van der Waals surface area (Å²) in [6.07, 6.45) is 0.839. The van der Waals surface area contributed by atoms with Crippen LogP contribution in [-0.2, 0) is 11.2 Å². The Morgan fingerprint density at radius 1 is 1.17 bits per heavy atom. The van der Waals surface area contributed by atoms with Crippen LogP contribution in [0.1, 0.15) is 5.56 Å². The maximum absolute atomic E-state index is 12.2. The standard InChI is InChI=1S/C14H19N3O/c1-16-6-8-17(9-7-16)13-10-11-4-2-3-5-12(11)15-14(13)18/h2-5,13H,6-10H2,1H3,(H,15,18). The van der Waals surface area contributed by atoms with E-state index in [-0.39, 0.29) is 11.9 Å². The van der Waals surface area contributed by atoms with Gasteiger partial charge in [0, 0.05) is 31.9 Å². The summed E-state index contributed by atoms with van der Waals surface area (Å²) in [6.45, 7) is 4.06. The first kappa shape index (κ1) is 11.7. The molecule has 0 bridgehead atoms. The molecule has 1 unspecified atom stereocenters. The molecule has 3 rings (SSSR count).